The van der Waals surface area contributed by atoms with Crippen molar-refractivity contribution in [2.75, 3.05) is 31.5 Å². The zero-order valence-electron chi connectivity index (χ0n) is 23.9. The van der Waals surface area contributed by atoms with Crippen molar-refractivity contribution in [1.29, 1.82) is 0 Å². The van der Waals surface area contributed by atoms with Gasteiger partial charge in [-0.05, 0) is 54.6 Å². The van der Waals surface area contributed by atoms with Crippen LogP contribution in [0.5, 0.6) is 0 Å². The Balaban J connectivity index is 1.15. The van der Waals surface area contributed by atoms with E-state index in [9.17, 15) is 4.79 Å². The summed E-state index contributed by atoms with van der Waals surface area (Å²) in [6, 6.07) is 31.6. The highest BCUT2D eigenvalue weighted by Crippen LogP contribution is 2.35. The van der Waals surface area contributed by atoms with Crippen molar-refractivity contribution in [2.45, 2.75) is 20.4 Å². The first kappa shape index (κ1) is 26.4. The predicted molar refractivity (Wildman–Crippen MR) is 173 cm³/mol. The molecule has 7 heteroatoms. The van der Waals surface area contributed by atoms with Gasteiger partial charge in [0, 0.05) is 65.3 Å². The van der Waals surface area contributed by atoms with Gasteiger partial charge in [0.25, 0.3) is 0 Å². The van der Waals surface area contributed by atoms with Gasteiger partial charge in [-0.3, -0.25) is 4.90 Å². The third-order valence-corrected chi connectivity index (χ3v) is 9.39. The highest BCUT2D eigenvalue weighted by atomic mass is 32.1. The molecule has 0 unspecified atom stereocenters. The molecule has 0 atom stereocenters. The van der Waals surface area contributed by atoms with E-state index in [4.69, 9.17) is 4.98 Å². The summed E-state index contributed by atoms with van der Waals surface area (Å²) in [4.78, 5) is 23.8. The Hall–Kier alpha value is -4.46. The lowest BCUT2D eigenvalue weighted by Gasteiger charge is -2.35. The summed E-state index contributed by atoms with van der Waals surface area (Å²) in [7, 11) is 0. The number of hydrogen-bond acceptors (Lipinski definition) is 4. The van der Waals surface area contributed by atoms with Gasteiger partial charge in [-0.2, -0.15) is 0 Å². The molecule has 1 aliphatic heterocycles. The summed E-state index contributed by atoms with van der Waals surface area (Å²) in [5.74, 6) is 0. The van der Waals surface area contributed by atoms with Gasteiger partial charge in [0.15, 0.2) is 0 Å². The molecule has 0 spiro atoms. The van der Waals surface area contributed by atoms with Crippen LogP contribution in [0.1, 0.15) is 16.8 Å². The number of carbonyl (C=O) groups is 1. The van der Waals surface area contributed by atoms with Gasteiger partial charge >= 0.3 is 6.03 Å². The number of anilines is 1. The number of rotatable bonds is 5. The molecule has 210 valence electrons. The number of urea groups is 1. The largest absolute Gasteiger partial charge is 0.322 e. The molecule has 1 fully saturated rings. The molecule has 0 aliphatic carbocycles. The van der Waals surface area contributed by atoms with E-state index in [1.165, 1.54) is 26.2 Å². The van der Waals surface area contributed by atoms with Crippen LogP contribution in [-0.4, -0.2) is 51.4 Å². The zero-order chi connectivity index (χ0) is 28.6. The number of para-hydroxylation sites is 1. The predicted octanol–water partition coefficient (Wildman–Crippen LogP) is 7.85. The normalized spacial score (nSPS) is 14.1. The number of thiophene rings is 1. The van der Waals surface area contributed by atoms with Crippen LogP contribution in [0.2, 0.25) is 0 Å². The van der Waals surface area contributed by atoms with Crippen LogP contribution in [0.25, 0.3) is 37.4 Å². The van der Waals surface area contributed by atoms with E-state index in [-0.39, 0.29) is 6.03 Å². The molecule has 0 bridgehead atoms. The first-order valence-electron chi connectivity index (χ1n) is 14.4. The Kier molecular flexibility index (Phi) is 6.98. The van der Waals surface area contributed by atoms with Crippen LogP contribution in [-0.2, 0) is 6.54 Å². The lowest BCUT2D eigenvalue weighted by atomic mass is 10.1. The van der Waals surface area contributed by atoms with Gasteiger partial charge in [0.05, 0.1) is 11.4 Å². The second-order valence-electron chi connectivity index (χ2n) is 11.0. The molecule has 1 aliphatic rings. The molecule has 1 N–H and O–H groups in total. The number of hydrogen-bond donors (Lipinski definition) is 1. The van der Waals surface area contributed by atoms with E-state index >= 15 is 0 Å². The van der Waals surface area contributed by atoms with Crippen molar-refractivity contribution < 1.29 is 4.79 Å². The van der Waals surface area contributed by atoms with E-state index in [0.29, 0.717) is 13.1 Å². The molecule has 3 aromatic heterocycles. The van der Waals surface area contributed by atoms with Crippen LogP contribution in [0, 0.1) is 13.8 Å². The molecule has 1 saturated heterocycles. The van der Waals surface area contributed by atoms with E-state index in [2.05, 4.69) is 87.5 Å². The highest BCUT2D eigenvalue weighted by molar-refractivity contribution is 7.22. The van der Waals surface area contributed by atoms with Gasteiger partial charge in [0.2, 0.25) is 0 Å². The summed E-state index contributed by atoms with van der Waals surface area (Å²) < 4.78 is 3.56. The fourth-order valence-corrected chi connectivity index (χ4v) is 6.91. The lowest BCUT2D eigenvalue weighted by molar-refractivity contribution is 0.142. The van der Waals surface area contributed by atoms with Crippen LogP contribution in [0.4, 0.5) is 10.5 Å². The summed E-state index contributed by atoms with van der Waals surface area (Å²) in [6.07, 6.45) is 2.24. The van der Waals surface area contributed by atoms with Gasteiger partial charge < -0.3 is 14.6 Å². The van der Waals surface area contributed by atoms with Crippen molar-refractivity contribution in [3.63, 3.8) is 0 Å². The molecule has 3 aromatic carbocycles. The first-order valence-corrected chi connectivity index (χ1v) is 15.2. The third kappa shape index (κ3) is 5.06. The standard InChI is InChI=1S/C35H33N5OS/c1-24-9-8-10-25(2)33(24)37-35(41)39-19-17-38(18-20-39)23-29-34(26-11-4-3-5-12-26)36-32-16-15-28(22-40(29)32)31-21-27-13-6-7-14-30(27)42-31/h3-16,21-22H,17-20,23H2,1-2H3,(H,37,41). The number of carbonyl (C=O) groups excluding carboxylic acids is 1. The van der Waals surface area contributed by atoms with Crippen LogP contribution >= 0.6 is 11.3 Å². The number of fused-ring (bicyclic) bond motifs is 2. The fraction of sp³-hybridized carbons (Fsp3) is 0.200. The Morgan fingerprint density at radius 3 is 2.33 bits per heavy atom. The molecule has 42 heavy (non-hydrogen) atoms. The molecule has 7 rings (SSSR count). The second kappa shape index (κ2) is 11.1. The smallest absolute Gasteiger partial charge is 0.321 e. The Morgan fingerprint density at radius 2 is 1.57 bits per heavy atom. The minimum Gasteiger partial charge on any atom is -0.322 e. The minimum atomic E-state index is -0.0280. The number of aryl methyl sites for hydroxylation is 2. The maximum atomic E-state index is 13.1. The number of nitrogens with zero attached hydrogens (tertiary/aromatic N) is 4. The fourth-order valence-electron chi connectivity index (χ4n) is 5.86. The molecule has 0 saturated carbocycles. The van der Waals surface area contributed by atoms with E-state index in [1.54, 1.807) is 0 Å². The Bertz CT molecular complexity index is 1850. The molecule has 4 heterocycles. The number of aromatic nitrogens is 2. The topological polar surface area (TPSA) is 52.9 Å². The number of piperazine rings is 1. The molecular formula is C35H33N5OS. The van der Waals surface area contributed by atoms with Crippen molar-refractivity contribution in [3.8, 4) is 21.7 Å². The number of pyridine rings is 1. The summed E-state index contributed by atoms with van der Waals surface area (Å²) in [5.41, 5.74) is 8.52. The van der Waals surface area contributed by atoms with Crippen LogP contribution in [0.15, 0.2) is 97.2 Å². The maximum absolute atomic E-state index is 13.1. The van der Waals surface area contributed by atoms with Crippen LogP contribution in [0.3, 0.4) is 0 Å². The van der Waals surface area contributed by atoms with Crippen molar-refractivity contribution in [2.24, 2.45) is 0 Å². The number of nitrogens with one attached hydrogen (secondary N) is 1. The molecule has 6 nitrogen and oxygen atoms in total. The van der Waals surface area contributed by atoms with Gasteiger partial charge in [-0.25, -0.2) is 9.78 Å². The second-order valence-corrected chi connectivity index (χ2v) is 12.1. The number of amides is 2. The average molecular weight is 572 g/mol. The highest BCUT2D eigenvalue weighted by Gasteiger charge is 2.24. The van der Waals surface area contributed by atoms with E-state index < -0.39 is 0 Å². The SMILES string of the molecule is Cc1cccc(C)c1NC(=O)N1CCN(Cc2c(-c3ccccc3)nc3ccc(-c4cc5ccccc5s4)cn23)CC1. The molecule has 2 amide bonds. The van der Waals surface area contributed by atoms with E-state index in [0.717, 1.165) is 53.4 Å². The van der Waals surface area contributed by atoms with Crippen molar-refractivity contribution in [3.05, 3.63) is 114 Å². The maximum Gasteiger partial charge on any atom is 0.321 e. The summed E-state index contributed by atoms with van der Waals surface area (Å²) >= 11 is 1.82. The molecule has 0 radical (unpaired) electrons. The van der Waals surface area contributed by atoms with E-state index in [1.807, 2.05) is 54.3 Å². The van der Waals surface area contributed by atoms with Crippen molar-refractivity contribution >= 4 is 38.8 Å². The first-order chi connectivity index (χ1) is 20.5. The molecular weight excluding hydrogens is 538 g/mol. The van der Waals surface area contributed by atoms with Crippen molar-refractivity contribution in [1.82, 2.24) is 19.2 Å². The van der Waals surface area contributed by atoms with Gasteiger partial charge in [-0.1, -0.05) is 66.7 Å². The lowest BCUT2D eigenvalue weighted by Crippen LogP contribution is -2.49. The Labute approximate surface area is 249 Å². The number of imidazole rings is 1. The minimum absolute atomic E-state index is 0.0280. The third-order valence-electron chi connectivity index (χ3n) is 8.22. The Morgan fingerprint density at radius 1 is 0.833 bits per heavy atom. The monoisotopic (exact) mass is 571 g/mol. The van der Waals surface area contributed by atoms with Gasteiger partial charge in [-0.15, -0.1) is 11.3 Å². The summed E-state index contributed by atoms with van der Waals surface area (Å²) in [5, 5.41) is 4.42. The summed E-state index contributed by atoms with van der Waals surface area (Å²) in [6.45, 7) is 7.80. The number of benzene rings is 3. The molecule has 6 aromatic rings. The average Bonchev–Trinajstić information content (AvgIpc) is 3.61. The van der Waals surface area contributed by atoms with Gasteiger partial charge in [0.1, 0.15) is 5.65 Å². The quantitative estimate of drug-likeness (QED) is 0.229. The zero-order valence-corrected chi connectivity index (χ0v) is 24.7. The van der Waals surface area contributed by atoms with Crippen LogP contribution < -0.4 is 5.32 Å².